The van der Waals surface area contributed by atoms with E-state index in [1.165, 1.54) is 42.5 Å². The van der Waals surface area contributed by atoms with Crippen LogP contribution in [0.1, 0.15) is 0 Å². The van der Waals surface area contributed by atoms with E-state index >= 15 is 0 Å². The Morgan fingerprint density at radius 2 is 1.13 bits per heavy atom. The highest BCUT2D eigenvalue weighted by Crippen LogP contribution is 2.30. The van der Waals surface area contributed by atoms with E-state index in [-0.39, 0.29) is 11.5 Å². The second-order valence-electron chi connectivity index (χ2n) is 5.78. The number of benzene rings is 2. The molecule has 0 aliphatic heterocycles. The van der Waals surface area contributed by atoms with Crippen LogP contribution >= 0.6 is 0 Å². The second-order valence-corrected chi connectivity index (χ2v) is 5.78. The monoisotopic (exact) mass is 430 g/mol. The summed E-state index contributed by atoms with van der Waals surface area (Å²) in [6, 6.07) is 10.7. The van der Waals surface area contributed by atoms with Crippen LogP contribution in [0.4, 0.5) is 26.3 Å². The third-order valence-corrected chi connectivity index (χ3v) is 3.62. The van der Waals surface area contributed by atoms with Gasteiger partial charge >= 0.3 is 24.3 Å². The molecule has 158 valence electrons. The molecule has 0 N–H and O–H groups in total. The molecule has 2 aromatic carbocycles. The lowest BCUT2D eigenvalue weighted by molar-refractivity contribution is -0.143. The zero-order valence-electron chi connectivity index (χ0n) is 14.9. The molecule has 0 aromatic heterocycles. The zero-order valence-corrected chi connectivity index (χ0v) is 14.9. The summed E-state index contributed by atoms with van der Waals surface area (Å²) < 4.78 is 84.0. The lowest BCUT2D eigenvalue weighted by Gasteiger charge is -2.11. The Kier molecular flexibility index (Phi) is 6.39. The molecule has 0 unspecified atom stereocenters. The third-order valence-electron chi connectivity index (χ3n) is 3.62. The molecule has 0 aliphatic carbocycles. The van der Waals surface area contributed by atoms with Crippen molar-refractivity contribution in [2.45, 2.75) is 12.4 Å². The van der Waals surface area contributed by atoms with Gasteiger partial charge in [0, 0.05) is 0 Å². The van der Waals surface area contributed by atoms with Crippen LogP contribution in [-0.4, -0.2) is 24.3 Å². The topological polar surface area (TPSA) is 52.6 Å². The lowest BCUT2D eigenvalue weighted by atomic mass is 10.1. The van der Waals surface area contributed by atoms with Crippen molar-refractivity contribution < 1.29 is 45.4 Å². The molecule has 30 heavy (non-hydrogen) atoms. The predicted molar refractivity (Wildman–Crippen MR) is 93.5 cm³/mol. The van der Waals surface area contributed by atoms with Crippen molar-refractivity contribution in [1.29, 1.82) is 0 Å². The van der Waals surface area contributed by atoms with Crippen molar-refractivity contribution in [3.8, 4) is 22.6 Å². The van der Waals surface area contributed by atoms with E-state index in [2.05, 4.69) is 22.6 Å². The molecule has 0 spiro atoms. The molecule has 0 fully saturated rings. The van der Waals surface area contributed by atoms with Gasteiger partial charge in [-0.15, -0.1) is 0 Å². The maximum atomic E-state index is 12.5. The number of esters is 2. The van der Waals surface area contributed by atoms with Crippen molar-refractivity contribution in [3.05, 3.63) is 72.8 Å². The average Bonchev–Trinajstić information content (AvgIpc) is 2.66. The fraction of sp³-hybridized carbons (Fsp3) is 0.100. The Hall–Kier alpha value is -3.56. The number of carbonyl (C=O) groups excluding carboxylic acids is 2. The van der Waals surface area contributed by atoms with Gasteiger partial charge in [-0.2, -0.15) is 26.3 Å². The summed E-state index contributed by atoms with van der Waals surface area (Å²) in [5.74, 6) is -3.68. The van der Waals surface area contributed by atoms with Crippen molar-refractivity contribution >= 4 is 11.9 Å². The van der Waals surface area contributed by atoms with Crippen molar-refractivity contribution in [2.75, 3.05) is 0 Å². The van der Waals surface area contributed by atoms with E-state index < -0.39 is 35.4 Å². The van der Waals surface area contributed by atoms with Crippen LogP contribution in [0, 0.1) is 0 Å². The summed E-state index contributed by atoms with van der Waals surface area (Å²) in [7, 11) is 0. The molecule has 2 aromatic rings. The average molecular weight is 430 g/mol. The van der Waals surface area contributed by atoms with Gasteiger partial charge in [-0.25, -0.2) is 9.59 Å². The molecule has 0 heterocycles. The van der Waals surface area contributed by atoms with E-state index in [1.54, 1.807) is 6.07 Å². The van der Waals surface area contributed by atoms with Gasteiger partial charge in [-0.1, -0.05) is 37.4 Å². The normalized spacial score (nSPS) is 11.5. The molecule has 0 aliphatic rings. The first-order chi connectivity index (χ1) is 13.8. The van der Waals surface area contributed by atoms with E-state index in [9.17, 15) is 35.9 Å². The molecule has 0 saturated carbocycles. The van der Waals surface area contributed by atoms with Gasteiger partial charge in [0.1, 0.15) is 22.6 Å². The highest BCUT2D eigenvalue weighted by molar-refractivity contribution is 5.91. The first-order valence-corrected chi connectivity index (χ1v) is 7.96. The van der Waals surface area contributed by atoms with Gasteiger partial charge in [-0.3, -0.25) is 0 Å². The number of hydrogen-bond acceptors (Lipinski definition) is 4. The SMILES string of the molecule is C=C(C(=O)Oc1ccc(-c2cccc(OC(=O)C(=C)C(F)(F)F)c2)cc1)C(F)(F)F. The molecule has 0 saturated heterocycles. The van der Waals surface area contributed by atoms with E-state index in [1.807, 2.05) is 0 Å². The third kappa shape index (κ3) is 5.72. The Labute approximate surface area is 166 Å². The molecule has 10 heteroatoms. The molecule has 0 bridgehead atoms. The summed E-state index contributed by atoms with van der Waals surface area (Å²) in [6.45, 7) is 5.28. The van der Waals surface area contributed by atoms with Gasteiger partial charge < -0.3 is 9.47 Å². The van der Waals surface area contributed by atoms with Crippen LogP contribution in [0.25, 0.3) is 11.1 Å². The Bertz CT molecular complexity index is 988. The first kappa shape index (κ1) is 22.7. The maximum absolute atomic E-state index is 12.5. The highest BCUT2D eigenvalue weighted by atomic mass is 19.4. The molecule has 0 atom stereocenters. The summed E-state index contributed by atoms with van der Waals surface area (Å²) in [4.78, 5) is 22.9. The van der Waals surface area contributed by atoms with Gasteiger partial charge in [0.15, 0.2) is 0 Å². The molecular weight excluding hydrogens is 418 g/mol. The lowest BCUT2D eigenvalue weighted by Crippen LogP contribution is -2.23. The smallest absolute Gasteiger partial charge is 0.422 e. The number of rotatable bonds is 5. The van der Waals surface area contributed by atoms with Crippen LogP contribution in [0.5, 0.6) is 11.5 Å². The van der Waals surface area contributed by atoms with E-state index in [0.717, 1.165) is 0 Å². The maximum Gasteiger partial charge on any atom is 0.422 e. The number of ether oxygens (including phenoxy) is 2. The summed E-state index contributed by atoms with van der Waals surface area (Å²) in [5.41, 5.74) is -2.46. The van der Waals surface area contributed by atoms with E-state index in [0.29, 0.717) is 11.1 Å². The molecule has 4 nitrogen and oxygen atoms in total. The number of hydrogen-bond donors (Lipinski definition) is 0. The van der Waals surface area contributed by atoms with Crippen LogP contribution in [-0.2, 0) is 9.59 Å². The Morgan fingerprint density at radius 1 is 0.667 bits per heavy atom. The molecule has 0 radical (unpaired) electrons. The number of halogens is 6. The zero-order chi connectivity index (χ0) is 22.7. The fourth-order valence-electron chi connectivity index (χ4n) is 2.02. The summed E-state index contributed by atoms with van der Waals surface area (Å²) in [5, 5.41) is 0. The largest absolute Gasteiger partial charge is 0.423 e. The molecule has 0 amide bonds. The molecule has 2 rings (SSSR count). The highest BCUT2D eigenvalue weighted by Gasteiger charge is 2.39. The van der Waals surface area contributed by atoms with Crippen LogP contribution in [0.15, 0.2) is 72.8 Å². The van der Waals surface area contributed by atoms with Gasteiger partial charge in [0.05, 0.1) is 0 Å². The molecular formula is C20H12F6O4. The van der Waals surface area contributed by atoms with E-state index in [4.69, 9.17) is 0 Å². The second kappa shape index (κ2) is 8.44. The van der Waals surface area contributed by atoms with Crippen molar-refractivity contribution in [1.82, 2.24) is 0 Å². The fourth-order valence-corrected chi connectivity index (χ4v) is 2.02. The minimum atomic E-state index is -4.93. The van der Waals surface area contributed by atoms with Crippen LogP contribution in [0.3, 0.4) is 0 Å². The Balaban J connectivity index is 2.13. The van der Waals surface area contributed by atoms with Crippen molar-refractivity contribution in [2.24, 2.45) is 0 Å². The van der Waals surface area contributed by atoms with Gasteiger partial charge in [0.25, 0.3) is 0 Å². The minimum absolute atomic E-state index is 0.181. The van der Waals surface area contributed by atoms with Crippen molar-refractivity contribution in [3.63, 3.8) is 0 Å². The summed E-state index contributed by atoms with van der Waals surface area (Å²) in [6.07, 6.45) is -9.86. The summed E-state index contributed by atoms with van der Waals surface area (Å²) >= 11 is 0. The predicted octanol–water partition coefficient (Wildman–Crippen LogP) is 5.40. The first-order valence-electron chi connectivity index (χ1n) is 7.96. The minimum Gasteiger partial charge on any atom is -0.423 e. The number of alkyl halides is 6. The van der Waals surface area contributed by atoms with Gasteiger partial charge in [-0.05, 0) is 35.4 Å². The standard InChI is InChI=1S/C20H12F6O4/c1-11(19(21,22)23)17(27)29-15-8-6-13(7-9-15)14-4-3-5-16(10-14)30-18(28)12(2)20(24,25)26/h3-10H,1-2H2. The quantitative estimate of drug-likeness (QED) is 0.276. The van der Waals surface area contributed by atoms with Gasteiger partial charge in [0.2, 0.25) is 0 Å². The Morgan fingerprint density at radius 3 is 1.60 bits per heavy atom. The van der Waals surface area contributed by atoms with Crippen LogP contribution < -0.4 is 9.47 Å². The van der Waals surface area contributed by atoms with Crippen LogP contribution in [0.2, 0.25) is 0 Å². The number of carbonyl (C=O) groups is 2.